The van der Waals surface area contributed by atoms with Gasteiger partial charge in [0.2, 0.25) is 0 Å². The molecule has 0 radical (unpaired) electrons. The lowest BCUT2D eigenvalue weighted by atomic mass is 10.0. The number of hydrogen-bond donors (Lipinski definition) is 1. The summed E-state index contributed by atoms with van der Waals surface area (Å²) in [6.45, 7) is 7.11. The average molecular weight is 259 g/mol. The maximum absolute atomic E-state index is 11.3. The molecule has 0 saturated carbocycles. The molecule has 1 N–H and O–H groups in total. The Morgan fingerprint density at radius 1 is 1.26 bits per heavy atom. The number of aromatic nitrogens is 1. The van der Waals surface area contributed by atoms with Gasteiger partial charge in [-0.3, -0.25) is 0 Å². The number of carboxylic acid groups (broad SMARTS) is 1. The molecule has 3 nitrogen and oxygen atoms in total. The fraction of sp³-hybridized carbons (Fsp3) is 0.438. The molecule has 0 aliphatic heterocycles. The minimum atomic E-state index is -0.847. The van der Waals surface area contributed by atoms with Crippen LogP contribution in [0.25, 0.3) is 10.9 Å². The second-order valence-electron chi connectivity index (χ2n) is 5.09. The summed E-state index contributed by atoms with van der Waals surface area (Å²) in [7, 11) is 0. The minimum Gasteiger partial charge on any atom is -0.478 e. The van der Waals surface area contributed by atoms with Crippen molar-refractivity contribution in [2.75, 3.05) is 0 Å². The van der Waals surface area contributed by atoms with Gasteiger partial charge in [-0.1, -0.05) is 20.3 Å². The molecular weight excluding hydrogens is 238 g/mol. The standard InChI is InChI=1S/C16H21NO2/c1-4-6-12-10-17(7-5-2)15-9-13(16(18)19)11(3)8-14(12)15/h8-10H,4-7H2,1-3H3,(H,18,19). The predicted molar refractivity (Wildman–Crippen MR) is 77.9 cm³/mol. The number of aryl methyl sites for hydroxylation is 3. The Balaban J connectivity index is 2.68. The molecule has 1 heterocycles. The molecule has 0 saturated heterocycles. The molecule has 0 amide bonds. The van der Waals surface area contributed by atoms with Gasteiger partial charge in [0.25, 0.3) is 0 Å². The zero-order valence-electron chi connectivity index (χ0n) is 11.9. The van der Waals surface area contributed by atoms with Crippen molar-refractivity contribution >= 4 is 16.9 Å². The van der Waals surface area contributed by atoms with Gasteiger partial charge < -0.3 is 9.67 Å². The second kappa shape index (κ2) is 5.47. The third-order valence-electron chi connectivity index (χ3n) is 3.52. The summed E-state index contributed by atoms with van der Waals surface area (Å²) in [5.41, 5.74) is 3.62. The predicted octanol–water partition coefficient (Wildman–Crippen LogP) is 4.01. The third-order valence-corrected chi connectivity index (χ3v) is 3.52. The normalized spacial score (nSPS) is 11.1. The maximum atomic E-state index is 11.3. The van der Waals surface area contributed by atoms with Crippen LogP contribution >= 0.6 is 0 Å². The minimum absolute atomic E-state index is 0.408. The van der Waals surface area contributed by atoms with Crippen molar-refractivity contribution in [2.45, 2.75) is 46.6 Å². The number of carbonyl (C=O) groups is 1. The summed E-state index contributed by atoms with van der Waals surface area (Å²) in [6, 6.07) is 3.84. The van der Waals surface area contributed by atoms with Gasteiger partial charge in [0.15, 0.2) is 0 Å². The average Bonchev–Trinajstić information content (AvgIpc) is 2.67. The van der Waals surface area contributed by atoms with E-state index < -0.39 is 5.97 Å². The van der Waals surface area contributed by atoms with E-state index >= 15 is 0 Å². The molecule has 2 aromatic rings. The highest BCUT2D eigenvalue weighted by atomic mass is 16.4. The van der Waals surface area contributed by atoms with Crippen LogP contribution in [0.2, 0.25) is 0 Å². The van der Waals surface area contributed by atoms with Crippen LogP contribution < -0.4 is 0 Å². The molecule has 0 atom stereocenters. The van der Waals surface area contributed by atoms with Crippen LogP contribution in [0.3, 0.4) is 0 Å². The lowest BCUT2D eigenvalue weighted by Gasteiger charge is -2.06. The molecule has 102 valence electrons. The van der Waals surface area contributed by atoms with Crippen molar-refractivity contribution in [3.05, 3.63) is 35.0 Å². The Hall–Kier alpha value is -1.77. The number of rotatable bonds is 5. The molecule has 3 heteroatoms. The van der Waals surface area contributed by atoms with Crippen LogP contribution in [-0.4, -0.2) is 15.6 Å². The Labute approximate surface area is 113 Å². The van der Waals surface area contributed by atoms with E-state index in [2.05, 4.69) is 24.6 Å². The summed E-state index contributed by atoms with van der Waals surface area (Å²) < 4.78 is 2.19. The molecule has 0 bridgehead atoms. The van der Waals surface area contributed by atoms with Gasteiger partial charge in [0, 0.05) is 23.6 Å². The summed E-state index contributed by atoms with van der Waals surface area (Å²) in [5.74, 6) is -0.847. The molecular formula is C16H21NO2. The van der Waals surface area contributed by atoms with E-state index in [1.807, 2.05) is 19.1 Å². The van der Waals surface area contributed by atoms with Crippen molar-refractivity contribution in [2.24, 2.45) is 0 Å². The van der Waals surface area contributed by atoms with Gasteiger partial charge in [-0.2, -0.15) is 0 Å². The van der Waals surface area contributed by atoms with E-state index in [1.165, 1.54) is 10.9 Å². The summed E-state index contributed by atoms with van der Waals surface area (Å²) in [5, 5.41) is 10.5. The molecule has 2 rings (SSSR count). The highest BCUT2D eigenvalue weighted by Gasteiger charge is 2.14. The van der Waals surface area contributed by atoms with Gasteiger partial charge in [-0.05, 0) is 43.0 Å². The van der Waals surface area contributed by atoms with E-state index in [4.69, 9.17) is 0 Å². The zero-order chi connectivity index (χ0) is 14.0. The number of carboxylic acids is 1. The first-order valence-corrected chi connectivity index (χ1v) is 6.94. The van der Waals surface area contributed by atoms with Crippen LogP contribution in [0.1, 0.15) is 48.2 Å². The van der Waals surface area contributed by atoms with Crippen molar-refractivity contribution in [3.8, 4) is 0 Å². The largest absolute Gasteiger partial charge is 0.478 e. The Bertz CT molecular complexity index is 611. The molecule has 0 fully saturated rings. The fourth-order valence-corrected chi connectivity index (χ4v) is 2.64. The number of hydrogen-bond acceptors (Lipinski definition) is 1. The highest BCUT2D eigenvalue weighted by Crippen LogP contribution is 2.26. The molecule has 0 spiro atoms. The molecule has 1 aromatic heterocycles. The van der Waals surface area contributed by atoms with Crippen LogP contribution in [-0.2, 0) is 13.0 Å². The van der Waals surface area contributed by atoms with Crippen molar-refractivity contribution < 1.29 is 9.90 Å². The molecule has 0 unspecified atom stereocenters. The molecule has 0 aliphatic carbocycles. The lowest BCUT2D eigenvalue weighted by Crippen LogP contribution is -2.01. The smallest absolute Gasteiger partial charge is 0.336 e. The van der Waals surface area contributed by atoms with E-state index in [0.29, 0.717) is 5.56 Å². The van der Waals surface area contributed by atoms with Crippen LogP contribution in [0.15, 0.2) is 18.3 Å². The molecule has 0 aliphatic rings. The summed E-state index contributed by atoms with van der Waals surface area (Å²) >= 11 is 0. The molecule has 1 aromatic carbocycles. The van der Waals surface area contributed by atoms with E-state index in [-0.39, 0.29) is 0 Å². The second-order valence-corrected chi connectivity index (χ2v) is 5.09. The first kappa shape index (κ1) is 13.7. The lowest BCUT2D eigenvalue weighted by molar-refractivity contribution is 0.0696. The van der Waals surface area contributed by atoms with Gasteiger partial charge in [-0.25, -0.2) is 4.79 Å². The monoisotopic (exact) mass is 259 g/mol. The van der Waals surface area contributed by atoms with E-state index in [0.717, 1.165) is 36.9 Å². The summed E-state index contributed by atoms with van der Waals surface area (Å²) in [6.07, 6.45) is 5.37. The first-order chi connectivity index (χ1) is 9.08. The third kappa shape index (κ3) is 2.50. The van der Waals surface area contributed by atoms with Gasteiger partial charge in [-0.15, -0.1) is 0 Å². The van der Waals surface area contributed by atoms with Crippen molar-refractivity contribution in [1.82, 2.24) is 4.57 Å². The van der Waals surface area contributed by atoms with Crippen LogP contribution in [0.5, 0.6) is 0 Å². The summed E-state index contributed by atoms with van der Waals surface area (Å²) in [4.78, 5) is 11.3. The van der Waals surface area contributed by atoms with Gasteiger partial charge in [0.1, 0.15) is 0 Å². The molecule has 19 heavy (non-hydrogen) atoms. The van der Waals surface area contributed by atoms with Gasteiger partial charge in [0.05, 0.1) is 5.56 Å². The van der Waals surface area contributed by atoms with E-state index in [9.17, 15) is 9.90 Å². The first-order valence-electron chi connectivity index (χ1n) is 6.94. The number of nitrogens with zero attached hydrogens (tertiary/aromatic N) is 1. The fourth-order valence-electron chi connectivity index (χ4n) is 2.64. The topological polar surface area (TPSA) is 42.2 Å². The maximum Gasteiger partial charge on any atom is 0.336 e. The number of fused-ring (bicyclic) bond motifs is 1. The Morgan fingerprint density at radius 2 is 2.00 bits per heavy atom. The van der Waals surface area contributed by atoms with Gasteiger partial charge >= 0.3 is 5.97 Å². The van der Waals surface area contributed by atoms with Crippen molar-refractivity contribution in [1.29, 1.82) is 0 Å². The van der Waals surface area contributed by atoms with Crippen LogP contribution in [0, 0.1) is 6.92 Å². The highest BCUT2D eigenvalue weighted by molar-refractivity contribution is 5.96. The Morgan fingerprint density at radius 3 is 2.58 bits per heavy atom. The van der Waals surface area contributed by atoms with E-state index in [1.54, 1.807) is 0 Å². The SMILES string of the molecule is CCCc1cn(CCC)c2cc(C(=O)O)c(C)cc12. The van der Waals surface area contributed by atoms with Crippen LogP contribution in [0.4, 0.5) is 0 Å². The number of aromatic carboxylic acids is 1. The Kier molecular flexibility index (Phi) is 3.93. The zero-order valence-corrected chi connectivity index (χ0v) is 11.9. The quantitative estimate of drug-likeness (QED) is 0.881. The van der Waals surface area contributed by atoms with Crippen molar-refractivity contribution in [3.63, 3.8) is 0 Å². The number of benzene rings is 1.